The lowest BCUT2D eigenvalue weighted by Gasteiger charge is -2.24. The van der Waals surface area contributed by atoms with Gasteiger partial charge in [-0.2, -0.15) is 0 Å². The summed E-state index contributed by atoms with van der Waals surface area (Å²) in [6.45, 7) is 0. The van der Waals surface area contributed by atoms with Crippen LogP contribution in [0.2, 0.25) is 0 Å². The predicted octanol–water partition coefficient (Wildman–Crippen LogP) is 0.871. The van der Waals surface area contributed by atoms with E-state index < -0.39 is 24.2 Å². The Labute approximate surface area is 108 Å². The van der Waals surface area contributed by atoms with Crippen molar-refractivity contribution in [2.75, 3.05) is 0 Å². The van der Waals surface area contributed by atoms with Crippen LogP contribution in [-0.4, -0.2) is 39.5 Å². The maximum absolute atomic E-state index is 10.5. The third-order valence-electron chi connectivity index (χ3n) is 3.85. The van der Waals surface area contributed by atoms with Gasteiger partial charge in [0, 0.05) is 6.42 Å². The van der Waals surface area contributed by atoms with Gasteiger partial charge in [0.05, 0.1) is 12.2 Å². The molecule has 1 fully saturated rings. The van der Waals surface area contributed by atoms with E-state index in [1.165, 1.54) is 32.1 Å². The molecule has 18 heavy (non-hydrogen) atoms. The quantitative estimate of drug-likeness (QED) is 0.543. The molecule has 1 aliphatic carbocycles. The van der Waals surface area contributed by atoms with Gasteiger partial charge in [-0.05, 0) is 18.8 Å². The summed E-state index contributed by atoms with van der Waals surface area (Å²) in [5.41, 5.74) is 5.32. The lowest BCUT2D eigenvalue weighted by atomic mass is 9.85. The molecule has 0 radical (unpaired) electrons. The van der Waals surface area contributed by atoms with Crippen molar-refractivity contribution in [2.45, 2.75) is 69.6 Å². The predicted molar refractivity (Wildman–Crippen MR) is 68.1 cm³/mol. The Balaban J connectivity index is 2.22. The Morgan fingerprint density at radius 3 is 2.33 bits per heavy atom. The minimum atomic E-state index is -1.14. The molecule has 5 N–H and O–H groups in total. The van der Waals surface area contributed by atoms with E-state index in [4.69, 9.17) is 10.8 Å². The zero-order chi connectivity index (χ0) is 13.5. The first-order valence-electron chi connectivity index (χ1n) is 6.85. The van der Waals surface area contributed by atoms with E-state index in [-0.39, 0.29) is 6.42 Å². The first-order chi connectivity index (χ1) is 8.50. The molecule has 0 spiro atoms. The fourth-order valence-corrected chi connectivity index (χ4v) is 2.59. The monoisotopic (exact) mass is 259 g/mol. The van der Waals surface area contributed by atoms with Crippen LogP contribution in [0.1, 0.15) is 51.4 Å². The lowest BCUT2D eigenvalue weighted by Crippen LogP contribution is -2.38. The molecule has 5 nitrogen and oxygen atoms in total. The van der Waals surface area contributed by atoms with Gasteiger partial charge in [0.25, 0.3) is 0 Å². The van der Waals surface area contributed by atoms with Crippen molar-refractivity contribution < 1.29 is 20.1 Å². The maximum Gasteiger partial charge on any atom is 0.320 e. The summed E-state index contributed by atoms with van der Waals surface area (Å²) in [5, 5.41) is 28.1. The molecule has 2 unspecified atom stereocenters. The zero-order valence-electron chi connectivity index (χ0n) is 10.8. The number of aliphatic hydroxyl groups excluding tert-OH is 2. The van der Waals surface area contributed by atoms with Crippen LogP contribution in [0.25, 0.3) is 0 Å². The van der Waals surface area contributed by atoms with Crippen molar-refractivity contribution in [2.24, 2.45) is 11.7 Å². The molecule has 0 bridgehead atoms. The second kappa shape index (κ2) is 7.71. The highest BCUT2D eigenvalue weighted by molar-refractivity contribution is 5.73. The summed E-state index contributed by atoms with van der Waals surface area (Å²) in [4.78, 5) is 10.5. The van der Waals surface area contributed by atoms with E-state index in [0.717, 1.165) is 6.42 Å². The van der Waals surface area contributed by atoms with Crippen molar-refractivity contribution in [1.82, 2.24) is 0 Å². The molecule has 5 heteroatoms. The summed E-state index contributed by atoms with van der Waals surface area (Å²) in [6.07, 6.45) is 5.65. The molecule has 106 valence electrons. The summed E-state index contributed by atoms with van der Waals surface area (Å²) in [6, 6.07) is -1.11. The van der Waals surface area contributed by atoms with Gasteiger partial charge in [-0.25, -0.2) is 0 Å². The van der Waals surface area contributed by atoms with Gasteiger partial charge < -0.3 is 21.1 Å². The van der Waals surface area contributed by atoms with E-state index in [2.05, 4.69) is 0 Å². The minimum Gasteiger partial charge on any atom is -0.480 e. The number of aliphatic carboxylic acids is 1. The Kier molecular flexibility index (Phi) is 6.60. The molecule has 0 aromatic heterocycles. The molecule has 0 heterocycles. The van der Waals surface area contributed by atoms with E-state index >= 15 is 0 Å². The SMILES string of the molecule is NC(C[C@H](O)C(O)CCC1CCCCC1)C(=O)O. The second-order valence-corrected chi connectivity index (χ2v) is 5.40. The van der Waals surface area contributed by atoms with Crippen LogP contribution in [0.15, 0.2) is 0 Å². The normalized spacial score (nSPS) is 22.4. The average Bonchev–Trinajstić information content (AvgIpc) is 2.36. The fourth-order valence-electron chi connectivity index (χ4n) is 2.59. The summed E-state index contributed by atoms with van der Waals surface area (Å²) in [5.74, 6) is -0.498. The van der Waals surface area contributed by atoms with Crippen LogP contribution in [0.4, 0.5) is 0 Å². The molecule has 1 saturated carbocycles. The standard InChI is InChI=1S/C13H25NO4/c14-10(13(17)18)8-12(16)11(15)7-6-9-4-2-1-3-5-9/h9-12,15-16H,1-8,14H2,(H,17,18)/t10?,11?,12-/m0/s1. The van der Waals surface area contributed by atoms with E-state index in [1.807, 2.05) is 0 Å². The van der Waals surface area contributed by atoms with Crippen molar-refractivity contribution in [3.05, 3.63) is 0 Å². The summed E-state index contributed by atoms with van der Waals surface area (Å²) >= 11 is 0. The van der Waals surface area contributed by atoms with Gasteiger partial charge in [0.15, 0.2) is 0 Å². The van der Waals surface area contributed by atoms with E-state index in [0.29, 0.717) is 12.3 Å². The van der Waals surface area contributed by atoms with E-state index in [9.17, 15) is 15.0 Å². The van der Waals surface area contributed by atoms with Gasteiger partial charge in [0.1, 0.15) is 6.04 Å². The number of hydrogen-bond donors (Lipinski definition) is 4. The highest BCUT2D eigenvalue weighted by Gasteiger charge is 2.24. The van der Waals surface area contributed by atoms with Crippen LogP contribution in [-0.2, 0) is 4.79 Å². The van der Waals surface area contributed by atoms with Crippen LogP contribution >= 0.6 is 0 Å². The van der Waals surface area contributed by atoms with Crippen LogP contribution in [0, 0.1) is 5.92 Å². The molecule has 0 aromatic carbocycles. The Bertz CT molecular complexity index is 253. The van der Waals surface area contributed by atoms with E-state index in [1.54, 1.807) is 0 Å². The molecular weight excluding hydrogens is 234 g/mol. The highest BCUT2D eigenvalue weighted by atomic mass is 16.4. The van der Waals surface area contributed by atoms with Gasteiger partial charge in [-0.15, -0.1) is 0 Å². The molecule has 0 saturated heterocycles. The largest absolute Gasteiger partial charge is 0.480 e. The number of aliphatic hydroxyl groups is 2. The summed E-state index contributed by atoms with van der Waals surface area (Å²) < 4.78 is 0. The molecule has 0 amide bonds. The van der Waals surface area contributed by atoms with Crippen LogP contribution in [0.3, 0.4) is 0 Å². The third kappa shape index (κ3) is 5.33. The van der Waals surface area contributed by atoms with Crippen LogP contribution in [0.5, 0.6) is 0 Å². The van der Waals surface area contributed by atoms with Crippen molar-refractivity contribution in [3.63, 3.8) is 0 Å². The molecular formula is C13H25NO4. The average molecular weight is 259 g/mol. The van der Waals surface area contributed by atoms with Crippen LogP contribution < -0.4 is 5.73 Å². The Morgan fingerprint density at radius 2 is 1.78 bits per heavy atom. The van der Waals surface area contributed by atoms with Gasteiger partial charge >= 0.3 is 5.97 Å². The van der Waals surface area contributed by atoms with Gasteiger partial charge in [0.2, 0.25) is 0 Å². The number of hydrogen-bond acceptors (Lipinski definition) is 4. The third-order valence-corrected chi connectivity index (χ3v) is 3.85. The highest BCUT2D eigenvalue weighted by Crippen LogP contribution is 2.28. The molecule has 1 rings (SSSR count). The maximum atomic E-state index is 10.5. The topological polar surface area (TPSA) is 104 Å². The number of nitrogens with two attached hydrogens (primary N) is 1. The second-order valence-electron chi connectivity index (χ2n) is 5.40. The smallest absolute Gasteiger partial charge is 0.320 e. The lowest BCUT2D eigenvalue weighted by molar-refractivity contribution is -0.139. The molecule has 0 aromatic rings. The fraction of sp³-hybridized carbons (Fsp3) is 0.923. The Hall–Kier alpha value is -0.650. The molecule has 3 atom stereocenters. The number of carboxylic acids is 1. The van der Waals surface area contributed by atoms with Crippen molar-refractivity contribution >= 4 is 5.97 Å². The number of carbonyl (C=O) groups is 1. The zero-order valence-corrected chi connectivity index (χ0v) is 10.8. The number of carboxylic acid groups (broad SMARTS) is 1. The van der Waals surface area contributed by atoms with Crippen molar-refractivity contribution in [1.29, 1.82) is 0 Å². The van der Waals surface area contributed by atoms with Crippen molar-refractivity contribution in [3.8, 4) is 0 Å². The number of rotatable bonds is 7. The first kappa shape index (κ1) is 15.4. The molecule has 0 aliphatic heterocycles. The summed E-state index contributed by atoms with van der Waals surface area (Å²) in [7, 11) is 0. The van der Waals surface area contributed by atoms with Gasteiger partial charge in [-0.3, -0.25) is 4.79 Å². The molecule has 1 aliphatic rings. The minimum absolute atomic E-state index is 0.0961. The first-order valence-corrected chi connectivity index (χ1v) is 6.85. The Morgan fingerprint density at radius 1 is 1.17 bits per heavy atom. The van der Waals surface area contributed by atoms with Gasteiger partial charge in [-0.1, -0.05) is 32.1 Å².